The van der Waals surface area contributed by atoms with E-state index < -0.39 is 67.4 Å². The number of aliphatic hydroxyl groups excluding tert-OH is 5. The summed E-state index contributed by atoms with van der Waals surface area (Å²) >= 11 is 0. The van der Waals surface area contributed by atoms with Crippen LogP contribution in [0.3, 0.4) is 0 Å². The summed E-state index contributed by atoms with van der Waals surface area (Å²) in [6, 6.07) is -1.09. The van der Waals surface area contributed by atoms with Crippen LogP contribution in [0.15, 0.2) is 146 Å². The third-order valence-electron chi connectivity index (χ3n) is 12.2. The molecule has 6 N–H and O–H groups in total. The van der Waals surface area contributed by atoms with Gasteiger partial charge in [-0.1, -0.05) is 218 Å². The smallest absolute Gasteiger partial charge is 0.306 e. The fourth-order valence-corrected chi connectivity index (χ4v) is 7.76. The van der Waals surface area contributed by atoms with Gasteiger partial charge in [0.15, 0.2) is 12.4 Å². The van der Waals surface area contributed by atoms with E-state index in [-0.39, 0.29) is 19.4 Å². The van der Waals surface area contributed by atoms with Gasteiger partial charge in [0, 0.05) is 12.8 Å². The molecule has 0 aromatic carbocycles. The quantitative estimate of drug-likeness (QED) is 0.0196. The molecule has 11 nitrogen and oxygen atoms in total. The van der Waals surface area contributed by atoms with Crippen molar-refractivity contribution in [2.24, 2.45) is 0 Å². The van der Waals surface area contributed by atoms with Crippen LogP contribution in [0.2, 0.25) is 0 Å². The lowest BCUT2D eigenvalue weighted by molar-refractivity contribution is -0.305. The van der Waals surface area contributed by atoms with Crippen molar-refractivity contribution in [3.63, 3.8) is 0 Å². The summed E-state index contributed by atoms with van der Waals surface area (Å²) in [5.74, 6) is -1.36. The number of esters is 1. The Kier molecular flexibility index (Phi) is 46.0. The summed E-state index contributed by atoms with van der Waals surface area (Å²) in [6.07, 6.45) is 62.0. The Morgan fingerprint density at radius 3 is 1.43 bits per heavy atom. The number of aliphatic hydroxyl groups is 5. The molecule has 1 saturated heterocycles. The van der Waals surface area contributed by atoms with Gasteiger partial charge in [-0.2, -0.15) is 0 Å². The van der Waals surface area contributed by atoms with E-state index in [2.05, 4.69) is 129 Å². The van der Waals surface area contributed by atoms with Crippen molar-refractivity contribution < 1.29 is 49.3 Å². The molecule has 0 aromatic heterocycles. The fourth-order valence-electron chi connectivity index (χ4n) is 7.76. The van der Waals surface area contributed by atoms with Crippen molar-refractivity contribution in [2.45, 2.75) is 230 Å². The van der Waals surface area contributed by atoms with Gasteiger partial charge in [0.25, 0.3) is 0 Å². The topological polar surface area (TPSA) is 175 Å². The summed E-state index contributed by atoms with van der Waals surface area (Å²) in [7, 11) is 0. The van der Waals surface area contributed by atoms with Crippen molar-refractivity contribution in [1.29, 1.82) is 0 Å². The van der Waals surface area contributed by atoms with E-state index in [1.165, 1.54) is 38.5 Å². The van der Waals surface area contributed by atoms with Crippen LogP contribution in [0.25, 0.3) is 0 Å². The number of allylic oxidation sites excluding steroid dienone is 22. The van der Waals surface area contributed by atoms with Gasteiger partial charge in [-0.3, -0.25) is 9.59 Å². The predicted octanol–water partition coefficient (Wildman–Crippen LogP) is 13.0. The van der Waals surface area contributed by atoms with Gasteiger partial charge in [0.05, 0.1) is 25.4 Å². The van der Waals surface area contributed by atoms with Gasteiger partial charge in [-0.05, 0) is 96.3 Å². The molecule has 1 rings (SSSR count). The summed E-state index contributed by atoms with van der Waals surface area (Å²) in [6.45, 7) is 5.44. The summed E-state index contributed by atoms with van der Waals surface area (Å²) in [4.78, 5) is 26.4. The number of amides is 1. The molecule has 8 atom stereocenters. The van der Waals surface area contributed by atoms with Crippen LogP contribution >= 0.6 is 0 Å². The first kappa shape index (κ1) is 68.6. The van der Waals surface area contributed by atoms with Crippen LogP contribution < -0.4 is 5.32 Å². The number of nitrogens with one attached hydrogen (secondary N) is 1. The van der Waals surface area contributed by atoms with Crippen LogP contribution in [0.4, 0.5) is 0 Å². The number of carbonyl (C=O) groups is 2. The zero-order chi connectivity index (χ0) is 54.7. The second-order valence-corrected chi connectivity index (χ2v) is 18.9. The highest BCUT2D eigenvalue weighted by atomic mass is 16.7. The molecule has 0 saturated carbocycles. The average molecular weight is 1040 g/mol. The summed E-state index contributed by atoms with van der Waals surface area (Å²) in [5, 5.41) is 56.7. The van der Waals surface area contributed by atoms with E-state index in [1.54, 1.807) is 12.2 Å². The maximum atomic E-state index is 13.3. The molecule has 1 amide bonds. The Morgan fingerprint density at radius 2 is 0.960 bits per heavy atom. The van der Waals surface area contributed by atoms with Gasteiger partial charge < -0.3 is 45.1 Å². The number of carbonyl (C=O) groups excluding carboxylic acids is 2. The molecule has 0 bridgehead atoms. The van der Waals surface area contributed by atoms with Gasteiger partial charge >= 0.3 is 5.97 Å². The standard InChI is InChI=1S/C64H101NO10/c1-4-7-10-13-16-19-22-24-26-28-30-31-33-36-39-42-45-48-51-57(68)63(72)65-55(56(67)50-47-44-41-38-35-21-18-15-12-9-6-3)54-73-64-62(61(71)60(70)58(53-66)74-64)75-59(69)52-49-46-43-40-37-34-32-29-27-25-23-20-17-14-11-8-5-2/h7-8,10-11,16-17,19-20,24-27,30-32,34,36,39-40,43,45,47-48,50,55-58,60-62,64,66-68,70-71H,4-6,9,12-15,18,21-23,28-29,33,35,37-38,41-42,44,46,49,51-54H2,1-3H3,(H,65,72)/b10-7-,11-8-,19-16-,20-17-,26-24-,27-25-,31-30-,34-32-,39-36-,43-40-,48-45-,50-47+. The molecular weight excluding hydrogens is 943 g/mol. The Bertz CT molecular complexity index is 1770. The van der Waals surface area contributed by atoms with Crippen LogP contribution in [0, 0.1) is 0 Å². The average Bonchev–Trinajstić information content (AvgIpc) is 3.41. The first-order valence-corrected chi connectivity index (χ1v) is 28.6. The number of hydrogen-bond donors (Lipinski definition) is 6. The molecule has 0 radical (unpaired) electrons. The highest BCUT2D eigenvalue weighted by molar-refractivity contribution is 5.81. The second-order valence-electron chi connectivity index (χ2n) is 18.9. The van der Waals surface area contributed by atoms with Crippen LogP contribution in [-0.2, 0) is 23.8 Å². The molecule has 8 unspecified atom stereocenters. The number of unbranched alkanes of at least 4 members (excludes halogenated alkanes) is 10. The third kappa shape index (κ3) is 38.7. The van der Waals surface area contributed by atoms with Gasteiger partial charge in [0.2, 0.25) is 5.91 Å². The second kappa shape index (κ2) is 50.4. The van der Waals surface area contributed by atoms with Crippen LogP contribution in [0.1, 0.15) is 181 Å². The molecule has 0 aliphatic carbocycles. The fraction of sp³-hybridized carbons (Fsp3) is 0.594. The molecule has 1 aliphatic rings. The lowest BCUT2D eigenvalue weighted by atomic mass is 9.99. The van der Waals surface area contributed by atoms with Gasteiger partial charge in [-0.15, -0.1) is 0 Å². The Labute approximate surface area is 454 Å². The monoisotopic (exact) mass is 1040 g/mol. The maximum absolute atomic E-state index is 13.3. The zero-order valence-electron chi connectivity index (χ0n) is 46.3. The molecule has 0 aromatic rings. The first-order valence-electron chi connectivity index (χ1n) is 28.6. The number of ether oxygens (including phenoxy) is 3. The van der Waals surface area contributed by atoms with E-state index in [0.29, 0.717) is 19.3 Å². The Morgan fingerprint density at radius 1 is 0.533 bits per heavy atom. The lowest BCUT2D eigenvalue weighted by Crippen LogP contribution is -2.61. The maximum Gasteiger partial charge on any atom is 0.306 e. The molecule has 0 spiro atoms. The minimum atomic E-state index is -1.66. The van der Waals surface area contributed by atoms with Crippen molar-refractivity contribution in [1.82, 2.24) is 5.32 Å². The van der Waals surface area contributed by atoms with Crippen molar-refractivity contribution in [3.8, 4) is 0 Å². The predicted molar refractivity (Wildman–Crippen MR) is 310 cm³/mol. The molecule has 1 aliphatic heterocycles. The lowest BCUT2D eigenvalue weighted by Gasteiger charge is -2.41. The Hall–Kier alpha value is -4.46. The molecule has 422 valence electrons. The van der Waals surface area contributed by atoms with E-state index >= 15 is 0 Å². The van der Waals surface area contributed by atoms with E-state index in [9.17, 15) is 35.1 Å². The minimum Gasteiger partial charge on any atom is -0.454 e. The largest absolute Gasteiger partial charge is 0.454 e. The highest BCUT2D eigenvalue weighted by Gasteiger charge is 2.47. The SMILES string of the molecule is CC/C=C\C/C=C\C/C=C\C/C=C\C/C=C\C/C=C\CC(O)C(=O)NC(COC1OC(CO)C(O)C(O)C1OC(=O)CCC/C=C\C/C=C\C/C=C\C/C=C\C/C=C\CC)C(O)/C=C/CCCCCCCCCCC. The normalized spacial score (nSPS) is 20.3. The molecule has 11 heteroatoms. The molecular formula is C64H101NO10. The zero-order valence-corrected chi connectivity index (χ0v) is 46.3. The highest BCUT2D eigenvalue weighted by Crippen LogP contribution is 2.26. The van der Waals surface area contributed by atoms with Crippen molar-refractivity contribution in [2.75, 3.05) is 13.2 Å². The van der Waals surface area contributed by atoms with Crippen LogP contribution in [0.5, 0.6) is 0 Å². The van der Waals surface area contributed by atoms with E-state index in [4.69, 9.17) is 14.2 Å². The first-order chi connectivity index (χ1) is 36.7. The summed E-state index contributed by atoms with van der Waals surface area (Å²) in [5.41, 5.74) is 0. The minimum absolute atomic E-state index is 0.0274. The van der Waals surface area contributed by atoms with Crippen molar-refractivity contribution in [3.05, 3.63) is 146 Å². The molecule has 1 heterocycles. The van der Waals surface area contributed by atoms with Crippen LogP contribution in [-0.4, -0.2) is 99.6 Å². The van der Waals surface area contributed by atoms with Gasteiger partial charge in [-0.25, -0.2) is 0 Å². The Balaban J connectivity index is 2.82. The van der Waals surface area contributed by atoms with E-state index in [0.717, 1.165) is 89.9 Å². The van der Waals surface area contributed by atoms with E-state index in [1.807, 2.05) is 30.4 Å². The van der Waals surface area contributed by atoms with Gasteiger partial charge in [0.1, 0.15) is 24.4 Å². The molecule has 1 fully saturated rings. The summed E-state index contributed by atoms with van der Waals surface area (Å²) < 4.78 is 17.5. The number of hydrogen-bond acceptors (Lipinski definition) is 10. The van der Waals surface area contributed by atoms with Crippen molar-refractivity contribution >= 4 is 11.9 Å². The molecule has 75 heavy (non-hydrogen) atoms. The number of rotatable bonds is 45. The third-order valence-corrected chi connectivity index (χ3v) is 12.2.